The zero-order valence-electron chi connectivity index (χ0n) is 13.6. The van der Waals surface area contributed by atoms with E-state index in [-0.39, 0.29) is 24.1 Å². The number of carbonyl (C=O) groups is 2. The Morgan fingerprint density at radius 1 is 1.08 bits per heavy atom. The Hall–Kier alpha value is -2.84. The quantitative estimate of drug-likeness (QED) is 0.842. The van der Waals surface area contributed by atoms with Crippen LogP contribution in [0.2, 0.25) is 0 Å². The highest BCUT2D eigenvalue weighted by Gasteiger charge is 2.16. The number of rotatable bonds is 5. The van der Waals surface area contributed by atoms with Crippen molar-refractivity contribution in [2.75, 3.05) is 43.5 Å². The van der Waals surface area contributed by atoms with Crippen LogP contribution >= 0.6 is 0 Å². The van der Waals surface area contributed by atoms with Crippen LogP contribution in [0, 0.1) is 0 Å². The Balaban J connectivity index is 1.64. The number of amides is 2. The van der Waals surface area contributed by atoms with Crippen LogP contribution in [0.3, 0.4) is 0 Å². The Labute approximate surface area is 145 Å². The van der Waals surface area contributed by atoms with Crippen LogP contribution < -0.4 is 10.6 Å². The van der Waals surface area contributed by atoms with Gasteiger partial charge in [-0.1, -0.05) is 12.1 Å². The van der Waals surface area contributed by atoms with Gasteiger partial charge in [0.15, 0.2) is 0 Å². The Kier molecular flexibility index (Phi) is 5.65. The second-order valence-corrected chi connectivity index (χ2v) is 5.53. The molecule has 3 rings (SSSR count). The van der Waals surface area contributed by atoms with E-state index >= 15 is 0 Å². The number of morpholine rings is 1. The van der Waals surface area contributed by atoms with Crippen molar-refractivity contribution in [2.45, 2.75) is 0 Å². The van der Waals surface area contributed by atoms with Gasteiger partial charge in [-0.2, -0.15) is 0 Å². The van der Waals surface area contributed by atoms with E-state index in [1.807, 2.05) is 4.90 Å². The summed E-state index contributed by atoms with van der Waals surface area (Å²) in [6.45, 7) is 3.03. The van der Waals surface area contributed by atoms with Crippen LogP contribution in [0.1, 0.15) is 10.5 Å². The number of nitrogens with zero attached hydrogens (tertiary/aromatic N) is 3. The summed E-state index contributed by atoms with van der Waals surface area (Å²) >= 11 is 0. The highest BCUT2D eigenvalue weighted by Crippen LogP contribution is 2.21. The Morgan fingerprint density at radius 3 is 2.48 bits per heavy atom. The predicted octanol–water partition coefficient (Wildman–Crippen LogP) is 1.000. The fourth-order valence-electron chi connectivity index (χ4n) is 2.46. The molecule has 1 aliphatic rings. The largest absolute Gasteiger partial charge is 0.379 e. The average molecular weight is 341 g/mol. The molecular formula is C17H19N5O3. The molecule has 0 bridgehead atoms. The van der Waals surface area contributed by atoms with Crippen LogP contribution in [0.4, 0.5) is 11.4 Å². The molecule has 2 heterocycles. The fraction of sp³-hybridized carbons (Fsp3) is 0.294. The lowest BCUT2D eigenvalue weighted by molar-refractivity contribution is -0.118. The number of hydrogen-bond donors (Lipinski definition) is 2. The molecule has 130 valence electrons. The summed E-state index contributed by atoms with van der Waals surface area (Å²) in [4.78, 5) is 34.3. The Morgan fingerprint density at radius 2 is 1.80 bits per heavy atom. The van der Waals surface area contributed by atoms with Crippen molar-refractivity contribution >= 4 is 23.2 Å². The normalized spacial score (nSPS) is 14.7. The number of nitrogens with one attached hydrogen (secondary N) is 2. The zero-order chi connectivity index (χ0) is 17.5. The topological polar surface area (TPSA) is 96.5 Å². The predicted molar refractivity (Wildman–Crippen MR) is 92.3 cm³/mol. The van der Waals surface area contributed by atoms with Crippen molar-refractivity contribution < 1.29 is 14.3 Å². The Bertz CT molecular complexity index is 732. The van der Waals surface area contributed by atoms with E-state index in [1.165, 1.54) is 18.6 Å². The summed E-state index contributed by atoms with van der Waals surface area (Å²) in [5.41, 5.74) is 1.25. The third-order valence-corrected chi connectivity index (χ3v) is 3.72. The monoisotopic (exact) mass is 341 g/mol. The van der Waals surface area contributed by atoms with Crippen molar-refractivity contribution in [3.8, 4) is 0 Å². The molecule has 1 fully saturated rings. The lowest BCUT2D eigenvalue weighted by Crippen LogP contribution is -2.41. The van der Waals surface area contributed by atoms with Crippen molar-refractivity contribution in [2.24, 2.45) is 0 Å². The second kappa shape index (κ2) is 8.32. The van der Waals surface area contributed by atoms with Gasteiger partial charge < -0.3 is 15.4 Å². The van der Waals surface area contributed by atoms with Crippen molar-refractivity contribution in [3.05, 3.63) is 48.5 Å². The molecule has 8 nitrogen and oxygen atoms in total. The van der Waals surface area contributed by atoms with Crippen molar-refractivity contribution in [1.29, 1.82) is 0 Å². The fourth-order valence-corrected chi connectivity index (χ4v) is 2.46. The lowest BCUT2D eigenvalue weighted by Gasteiger charge is -2.26. The summed E-state index contributed by atoms with van der Waals surface area (Å²) in [6.07, 6.45) is 4.33. The highest BCUT2D eigenvalue weighted by molar-refractivity contribution is 6.06. The van der Waals surface area contributed by atoms with E-state index in [2.05, 4.69) is 20.6 Å². The van der Waals surface area contributed by atoms with Crippen molar-refractivity contribution in [1.82, 2.24) is 14.9 Å². The number of hydrogen-bond acceptors (Lipinski definition) is 6. The van der Waals surface area contributed by atoms with Gasteiger partial charge in [0.1, 0.15) is 5.69 Å². The van der Waals surface area contributed by atoms with Crippen LogP contribution in [-0.4, -0.2) is 59.5 Å². The number of para-hydroxylation sites is 2. The van der Waals surface area contributed by atoms with Crippen LogP contribution in [0.5, 0.6) is 0 Å². The van der Waals surface area contributed by atoms with Crippen LogP contribution in [0.15, 0.2) is 42.9 Å². The minimum atomic E-state index is -0.386. The van der Waals surface area contributed by atoms with Gasteiger partial charge in [0.05, 0.1) is 37.3 Å². The average Bonchev–Trinajstić information content (AvgIpc) is 2.65. The molecule has 1 aliphatic heterocycles. The first-order valence-corrected chi connectivity index (χ1v) is 7.99. The van der Waals surface area contributed by atoms with E-state index in [1.54, 1.807) is 24.3 Å². The third kappa shape index (κ3) is 4.82. The molecular weight excluding hydrogens is 322 g/mol. The molecule has 0 atom stereocenters. The second-order valence-electron chi connectivity index (χ2n) is 5.53. The van der Waals surface area contributed by atoms with Gasteiger partial charge in [0.25, 0.3) is 5.91 Å². The number of aromatic nitrogens is 2. The minimum Gasteiger partial charge on any atom is -0.379 e. The maximum Gasteiger partial charge on any atom is 0.275 e. The summed E-state index contributed by atoms with van der Waals surface area (Å²) in [6, 6.07) is 7.04. The first-order valence-electron chi connectivity index (χ1n) is 7.99. The van der Waals surface area contributed by atoms with E-state index in [4.69, 9.17) is 4.74 Å². The number of carbonyl (C=O) groups excluding carboxylic acids is 2. The number of ether oxygens (including phenoxy) is 1. The summed E-state index contributed by atoms with van der Waals surface area (Å²) < 4.78 is 5.27. The van der Waals surface area contributed by atoms with Gasteiger partial charge in [-0.3, -0.25) is 19.5 Å². The molecule has 1 aromatic heterocycles. The summed E-state index contributed by atoms with van der Waals surface area (Å²) in [5.74, 6) is -0.522. The van der Waals surface area contributed by atoms with E-state index in [9.17, 15) is 9.59 Å². The molecule has 0 saturated carbocycles. The number of anilines is 2. The molecule has 0 radical (unpaired) electrons. The molecule has 2 amide bonds. The third-order valence-electron chi connectivity index (χ3n) is 3.72. The molecule has 8 heteroatoms. The molecule has 0 unspecified atom stereocenters. The first kappa shape index (κ1) is 17.0. The summed E-state index contributed by atoms with van der Waals surface area (Å²) in [7, 11) is 0. The van der Waals surface area contributed by atoms with Crippen LogP contribution in [-0.2, 0) is 9.53 Å². The van der Waals surface area contributed by atoms with Gasteiger partial charge in [0.2, 0.25) is 5.91 Å². The lowest BCUT2D eigenvalue weighted by atomic mass is 10.2. The standard InChI is InChI=1S/C17H19N5O3/c23-16(12-22-7-9-25-10-8-22)20-13-3-1-2-4-14(13)21-17(24)15-11-18-5-6-19-15/h1-6,11H,7-10,12H2,(H,20,23)(H,21,24). The van der Waals surface area contributed by atoms with Gasteiger partial charge in [-0.25, -0.2) is 4.98 Å². The van der Waals surface area contributed by atoms with E-state index < -0.39 is 0 Å². The smallest absolute Gasteiger partial charge is 0.275 e. The van der Waals surface area contributed by atoms with Gasteiger partial charge in [-0.05, 0) is 12.1 Å². The molecule has 1 saturated heterocycles. The number of benzene rings is 1. The maximum absolute atomic E-state index is 12.3. The van der Waals surface area contributed by atoms with Gasteiger partial charge in [0, 0.05) is 25.5 Å². The van der Waals surface area contributed by atoms with Crippen molar-refractivity contribution in [3.63, 3.8) is 0 Å². The minimum absolute atomic E-state index is 0.136. The molecule has 0 aliphatic carbocycles. The SMILES string of the molecule is O=C(CN1CCOCC1)Nc1ccccc1NC(=O)c1cnccn1. The van der Waals surface area contributed by atoms with E-state index in [0.29, 0.717) is 24.6 Å². The van der Waals surface area contributed by atoms with Crippen LogP contribution in [0.25, 0.3) is 0 Å². The first-order chi connectivity index (χ1) is 12.2. The zero-order valence-corrected chi connectivity index (χ0v) is 13.6. The van der Waals surface area contributed by atoms with Gasteiger partial charge in [-0.15, -0.1) is 0 Å². The maximum atomic E-state index is 12.3. The summed E-state index contributed by atoms with van der Waals surface area (Å²) in [5, 5.41) is 5.59. The van der Waals surface area contributed by atoms with Gasteiger partial charge >= 0.3 is 0 Å². The highest BCUT2D eigenvalue weighted by atomic mass is 16.5. The molecule has 2 aromatic rings. The molecule has 0 spiro atoms. The molecule has 25 heavy (non-hydrogen) atoms. The van der Waals surface area contributed by atoms with E-state index in [0.717, 1.165) is 13.1 Å². The molecule has 1 aromatic carbocycles. The molecule has 2 N–H and O–H groups in total.